The van der Waals surface area contributed by atoms with E-state index in [1.807, 2.05) is 22.8 Å². The molecule has 0 atom stereocenters. The molecule has 1 aliphatic rings. The number of furan rings is 1. The van der Waals surface area contributed by atoms with E-state index in [1.165, 1.54) is 29.3 Å². The van der Waals surface area contributed by atoms with Crippen LogP contribution >= 0.6 is 11.8 Å². The van der Waals surface area contributed by atoms with Crippen molar-refractivity contribution in [2.75, 3.05) is 11.1 Å². The Bertz CT molecular complexity index is 1060. The summed E-state index contributed by atoms with van der Waals surface area (Å²) >= 11 is 1.45. The summed E-state index contributed by atoms with van der Waals surface area (Å²) < 4.78 is 7.35. The SMILES string of the molecule is NC(=O)CCc1nnc(SCCC(=O)Nc2ccc3c(c2)CCC3)n1Cc1ccco1. The molecule has 3 aromatic rings. The molecule has 0 saturated carbocycles. The molecule has 0 fully saturated rings. The highest BCUT2D eigenvalue weighted by Gasteiger charge is 2.16. The van der Waals surface area contributed by atoms with Crippen molar-refractivity contribution >= 4 is 29.3 Å². The summed E-state index contributed by atoms with van der Waals surface area (Å²) in [6.45, 7) is 0.456. The van der Waals surface area contributed by atoms with Crippen molar-refractivity contribution < 1.29 is 14.0 Å². The van der Waals surface area contributed by atoms with E-state index in [1.54, 1.807) is 6.26 Å². The van der Waals surface area contributed by atoms with Gasteiger partial charge in [-0.25, -0.2) is 0 Å². The molecule has 0 radical (unpaired) electrons. The van der Waals surface area contributed by atoms with Crippen LogP contribution in [-0.4, -0.2) is 32.3 Å². The summed E-state index contributed by atoms with van der Waals surface area (Å²) in [7, 11) is 0. The first-order chi connectivity index (χ1) is 15.1. The summed E-state index contributed by atoms with van der Waals surface area (Å²) in [5.74, 6) is 1.57. The molecule has 0 unspecified atom stereocenters. The minimum Gasteiger partial charge on any atom is -0.467 e. The molecule has 9 heteroatoms. The van der Waals surface area contributed by atoms with Crippen molar-refractivity contribution in [1.29, 1.82) is 0 Å². The summed E-state index contributed by atoms with van der Waals surface area (Å²) in [5.41, 5.74) is 8.85. The number of nitrogens with two attached hydrogens (primary N) is 1. The lowest BCUT2D eigenvalue weighted by Gasteiger charge is -2.09. The predicted molar refractivity (Wildman–Crippen MR) is 118 cm³/mol. The number of nitrogens with zero attached hydrogens (tertiary/aromatic N) is 3. The number of carbonyl (C=O) groups excluding carboxylic acids is 2. The van der Waals surface area contributed by atoms with Crippen molar-refractivity contribution in [2.24, 2.45) is 5.73 Å². The molecular formula is C22H25N5O3S. The zero-order chi connectivity index (χ0) is 21.6. The smallest absolute Gasteiger partial charge is 0.225 e. The summed E-state index contributed by atoms with van der Waals surface area (Å²) in [6, 6.07) is 9.85. The van der Waals surface area contributed by atoms with Gasteiger partial charge in [0.15, 0.2) is 5.16 Å². The van der Waals surface area contributed by atoms with Gasteiger partial charge >= 0.3 is 0 Å². The van der Waals surface area contributed by atoms with E-state index in [2.05, 4.69) is 27.6 Å². The maximum absolute atomic E-state index is 12.4. The van der Waals surface area contributed by atoms with Crippen molar-refractivity contribution in [3.8, 4) is 0 Å². The number of thioether (sulfide) groups is 1. The highest BCUT2D eigenvalue weighted by atomic mass is 32.2. The van der Waals surface area contributed by atoms with Crippen molar-refractivity contribution in [2.45, 2.75) is 50.2 Å². The zero-order valence-corrected chi connectivity index (χ0v) is 18.0. The van der Waals surface area contributed by atoms with E-state index >= 15 is 0 Å². The molecule has 2 amide bonds. The highest BCUT2D eigenvalue weighted by Crippen LogP contribution is 2.25. The van der Waals surface area contributed by atoms with Gasteiger partial charge in [0, 0.05) is 30.7 Å². The van der Waals surface area contributed by atoms with E-state index in [0.717, 1.165) is 24.3 Å². The van der Waals surface area contributed by atoms with Crippen LogP contribution in [0.25, 0.3) is 0 Å². The first kappa shape index (κ1) is 21.2. The highest BCUT2D eigenvalue weighted by molar-refractivity contribution is 7.99. The molecule has 4 rings (SSSR count). The fourth-order valence-electron chi connectivity index (χ4n) is 3.67. The minimum atomic E-state index is -0.384. The topological polar surface area (TPSA) is 116 Å². The van der Waals surface area contributed by atoms with E-state index in [0.29, 0.717) is 36.1 Å². The lowest BCUT2D eigenvalue weighted by molar-refractivity contribution is -0.118. The number of hydrogen-bond donors (Lipinski definition) is 2. The average Bonchev–Trinajstić information content (AvgIpc) is 3.48. The number of aryl methyl sites for hydroxylation is 3. The predicted octanol–water partition coefficient (Wildman–Crippen LogP) is 2.95. The monoisotopic (exact) mass is 439 g/mol. The van der Waals surface area contributed by atoms with Crippen LogP contribution in [0.2, 0.25) is 0 Å². The Hall–Kier alpha value is -3.07. The van der Waals surface area contributed by atoms with Crippen LogP contribution in [0.15, 0.2) is 46.2 Å². The third kappa shape index (κ3) is 5.55. The first-order valence-corrected chi connectivity index (χ1v) is 11.3. The second-order valence-corrected chi connectivity index (χ2v) is 8.58. The van der Waals surface area contributed by atoms with Gasteiger partial charge in [-0.1, -0.05) is 17.8 Å². The van der Waals surface area contributed by atoms with Crippen molar-refractivity contribution in [1.82, 2.24) is 14.8 Å². The van der Waals surface area contributed by atoms with Gasteiger partial charge in [-0.2, -0.15) is 0 Å². The first-order valence-electron chi connectivity index (χ1n) is 10.4. The fraction of sp³-hybridized carbons (Fsp3) is 0.364. The summed E-state index contributed by atoms with van der Waals surface area (Å²) in [5, 5.41) is 12.1. The van der Waals surface area contributed by atoms with Gasteiger partial charge in [-0.15, -0.1) is 10.2 Å². The quantitative estimate of drug-likeness (QED) is 0.469. The number of amides is 2. The molecule has 31 heavy (non-hydrogen) atoms. The molecule has 2 aromatic heterocycles. The Labute approximate surface area is 184 Å². The number of benzene rings is 1. The standard InChI is InChI=1S/C22H25N5O3S/c23-19(28)8-9-20-25-26-22(27(20)14-18-5-2-11-30-18)31-12-10-21(29)24-17-7-6-15-3-1-4-16(15)13-17/h2,5-7,11,13H,1,3-4,8-10,12,14H2,(H2,23,28)(H,24,29). The Kier molecular flexibility index (Phi) is 6.71. The molecule has 0 spiro atoms. The number of hydrogen-bond acceptors (Lipinski definition) is 6. The van der Waals surface area contributed by atoms with Crippen LogP contribution in [0.5, 0.6) is 0 Å². The van der Waals surface area contributed by atoms with Gasteiger partial charge in [-0.05, 0) is 54.7 Å². The number of aromatic nitrogens is 3. The number of nitrogens with one attached hydrogen (secondary N) is 1. The molecule has 1 aromatic carbocycles. The maximum atomic E-state index is 12.4. The summed E-state index contributed by atoms with van der Waals surface area (Å²) in [6.07, 6.45) is 5.96. The average molecular weight is 440 g/mol. The van der Waals surface area contributed by atoms with Crippen LogP contribution in [0.3, 0.4) is 0 Å². The van der Waals surface area contributed by atoms with Gasteiger partial charge in [0.25, 0.3) is 0 Å². The largest absolute Gasteiger partial charge is 0.467 e. The second kappa shape index (κ2) is 9.82. The third-order valence-corrected chi connectivity index (χ3v) is 6.19. The number of carbonyl (C=O) groups is 2. The van der Waals surface area contributed by atoms with E-state index in [9.17, 15) is 9.59 Å². The molecule has 162 valence electrons. The molecule has 0 bridgehead atoms. The fourth-order valence-corrected chi connectivity index (χ4v) is 4.57. The van der Waals surface area contributed by atoms with E-state index in [4.69, 9.17) is 10.2 Å². The van der Waals surface area contributed by atoms with Crippen LogP contribution in [-0.2, 0) is 35.4 Å². The minimum absolute atomic E-state index is 0.0310. The molecule has 1 aliphatic carbocycles. The molecule has 3 N–H and O–H groups in total. The molecule has 8 nitrogen and oxygen atoms in total. The summed E-state index contributed by atoms with van der Waals surface area (Å²) in [4.78, 5) is 23.6. The van der Waals surface area contributed by atoms with E-state index in [-0.39, 0.29) is 18.2 Å². The van der Waals surface area contributed by atoms with Gasteiger partial charge in [-0.3, -0.25) is 14.2 Å². The van der Waals surface area contributed by atoms with Crippen molar-refractivity contribution in [3.63, 3.8) is 0 Å². The molecule has 0 saturated heterocycles. The molecule has 0 aliphatic heterocycles. The molecule has 2 heterocycles. The Morgan fingerprint density at radius 2 is 2.03 bits per heavy atom. The zero-order valence-electron chi connectivity index (χ0n) is 17.2. The third-order valence-electron chi connectivity index (χ3n) is 5.23. The second-order valence-electron chi connectivity index (χ2n) is 7.51. The number of anilines is 1. The Morgan fingerprint density at radius 1 is 1.16 bits per heavy atom. The van der Waals surface area contributed by atoms with E-state index < -0.39 is 0 Å². The normalized spacial score (nSPS) is 12.6. The lowest BCUT2D eigenvalue weighted by atomic mass is 10.1. The number of fused-ring (bicyclic) bond motifs is 1. The Balaban J connectivity index is 1.34. The van der Waals surface area contributed by atoms with Gasteiger partial charge in [0.05, 0.1) is 12.8 Å². The van der Waals surface area contributed by atoms with Gasteiger partial charge < -0.3 is 15.5 Å². The molecular weight excluding hydrogens is 414 g/mol. The number of rotatable bonds is 10. The Morgan fingerprint density at radius 3 is 2.84 bits per heavy atom. The number of primary amides is 1. The van der Waals surface area contributed by atoms with Crippen LogP contribution in [0, 0.1) is 0 Å². The van der Waals surface area contributed by atoms with Gasteiger partial charge in [0.1, 0.15) is 11.6 Å². The van der Waals surface area contributed by atoms with Crippen molar-refractivity contribution in [3.05, 3.63) is 59.3 Å². The van der Waals surface area contributed by atoms with Crippen LogP contribution in [0.4, 0.5) is 5.69 Å². The lowest BCUT2D eigenvalue weighted by Crippen LogP contribution is -2.14. The maximum Gasteiger partial charge on any atom is 0.225 e. The van der Waals surface area contributed by atoms with Crippen LogP contribution in [0.1, 0.15) is 42.0 Å². The van der Waals surface area contributed by atoms with Gasteiger partial charge in [0.2, 0.25) is 11.8 Å². The van der Waals surface area contributed by atoms with Crippen LogP contribution < -0.4 is 11.1 Å².